The topological polar surface area (TPSA) is 90.6 Å². The van der Waals surface area contributed by atoms with Crippen molar-refractivity contribution < 1.29 is 18.7 Å². The number of anilines is 2. The summed E-state index contributed by atoms with van der Waals surface area (Å²) in [4.78, 5) is 22.5. The first kappa shape index (κ1) is 23.6. The smallest absolute Gasteiger partial charge is 0.357 e. The van der Waals surface area contributed by atoms with Gasteiger partial charge in [0.25, 0.3) is 0 Å². The summed E-state index contributed by atoms with van der Waals surface area (Å²) in [7, 11) is 3.32. The Morgan fingerprint density at radius 3 is 2.67 bits per heavy atom. The molecule has 0 fully saturated rings. The second-order valence-corrected chi connectivity index (χ2v) is 7.06. The number of carbonyl (C=O) groups is 1. The molecule has 0 amide bonds. The number of hydrogen-bond acceptors (Lipinski definition) is 7. The third-order valence-corrected chi connectivity index (χ3v) is 4.54. The van der Waals surface area contributed by atoms with E-state index in [2.05, 4.69) is 23.5 Å². The number of benzene rings is 1. The summed E-state index contributed by atoms with van der Waals surface area (Å²) in [5.41, 5.74) is 6.34. The number of esters is 1. The van der Waals surface area contributed by atoms with Gasteiger partial charge >= 0.3 is 5.97 Å². The summed E-state index contributed by atoms with van der Waals surface area (Å²) in [5, 5.41) is 0.236. The minimum atomic E-state index is -0.721. The second kappa shape index (κ2) is 10.9. The number of unbranched alkanes of at least 4 members (excludes halogenated alkanes) is 1. The lowest BCUT2D eigenvalue weighted by Crippen LogP contribution is -2.17. The maximum atomic E-state index is 15.1. The number of nitrogens with zero attached hydrogens (tertiary/aromatic N) is 3. The van der Waals surface area contributed by atoms with Crippen molar-refractivity contribution in [2.45, 2.75) is 19.8 Å². The number of nitrogen functional groups attached to an aromatic ring is 1. The zero-order valence-corrected chi connectivity index (χ0v) is 18.1. The van der Waals surface area contributed by atoms with Gasteiger partial charge in [-0.15, -0.1) is 0 Å². The fourth-order valence-electron chi connectivity index (χ4n) is 2.70. The fraction of sp³-hybridized carbons (Fsp3) is 0.381. The number of rotatable bonds is 10. The van der Waals surface area contributed by atoms with Gasteiger partial charge in [0.1, 0.15) is 12.4 Å². The molecule has 1 aromatic carbocycles. The Hall–Kier alpha value is -2.71. The number of halogens is 2. The maximum absolute atomic E-state index is 15.1. The van der Waals surface area contributed by atoms with E-state index in [1.165, 1.54) is 23.1 Å². The third kappa shape index (κ3) is 5.46. The maximum Gasteiger partial charge on any atom is 0.357 e. The van der Waals surface area contributed by atoms with Crippen molar-refractivity contribution in [2.75, 3.05) is 44.5 Å². The predicted molar refractivity (Wildman–Crippen MR) is 117 cm³/mol. The van der Waals surface area contributed by atoms with E-state index in [4.69, 9.17) is 26.8 Å². The monoisotopic (exact) mass is 436 g/mol. The molecule has 1 aromatic heterocycles. The van der Waals surface area contributed by atoms with Crippen LogP contribution in [0.1, 0.15) is 35.8 Å². The summed E-state index contributed by atoms with van der Waals surface area (Å²) in [5.74, 6) is -1.41. The van der Waals surface area contributed by atoms with E-state index in [0.717, 1.165) is 12.8 Å². The molecule has 1 heterocycles. The normalized spacial score (nSPS) is 10.7. The number of aromatic nitrogens is 2. The Bertz CT molecular complexity index is 922. The molecule has 30 heavy (non-hydrogen) atoms. The molecule has 0 aliphatic heterocycles. The van der Waals surface area contributed by atoms with Crippen LogP contribution in [0, 0.1) is 5.82 Å². The minimum absolute atomic E-state index is 0.0121. The Labute approximate surface area is 180 Å². The van der Waals surface area contributed by atoms with Crippen LogP contribution in [0.15, 0.2) is 18.7 Å². The summed E-state index contributed by atoms with van der Waals surface area (Å²) in [6, 6.07) is 2.96. The van der Waals surface area contributed by atoms with E-state index >= 15 is 4.39 Å². The molecule has 0 radical (unpaired) electrons. The van der Waals surface area contributed by atoms with E-state index in [1.54, 1.807) is 14.1 Å². The molecule has 0 bridgehead atoms. The molecule has 0 unspecified atom stereocenters. The number of hydrogen-bond donors (Lipinski definition) is 1. The van der Waals surface area contributed by atoms with E-state index in [9.17, 15) is 4.79 Å². The molecular weight excluding hydrogens is 411 g/mol. The molecule has 162 valence electrons. The molecule has 0 aliphatic rings. The Morgan fingerprint density at radius 2 is 2.03 bits per heavy atom. The van der Waals surface area contributed by atoms with Crippen LogP contribution in [0.4, 0.5) is 15.9 Å². The number of carbonyl (C=O) groups excluding carboxylic acids is 1. The van der Waals surface area contributed by atoms with Gasteiger partial charge in [0, 0.05) is 26.3 Å². The quantitative estimate of drug-likeness (QED) is 0.440. The number of ether oxygens (including phenoxy) is 2. The van der Waals surface area contributed by atoms with Crippen molar-refractivity contribution in [1.82, 2.24) is 9.97 Å². The molecule has 0 saturated heterocycles. The van der Waals surface area contributed by atoms with Crippen molar-refractivity contribution >= 4 is 35.2 Å². The molecule has 0 saturated carbocycles. The van der Waals surface area contributed by atoms with Gasteiger partial charge in [-0.05, 0) is 18.6 Å². The highest BCUT2D eigenvalue weighted by Gasteiger charge is 2.22. The van der Waals surface area contributed by atoms with E-state index in [0.29, 0.717) is 6.61 Å². The predicted octanol–water partition coefficient (Wildman–Crippen LogP) is 4.20. The molecule has 0 spiro atoms. The van der Waals surface area contributed by atoms with Gasteiger partial charge in [-0.2, -0.15) is 0 Å². The van der Waals surface area contributed by atoms with Gasteiger partial charge in [-0.3, -0.25) is 0 Å². The Kier molecular flexibility index (Phi) is 8.56. The summed E-state index contributed by atoms with van der Waals surface area (Å²) >= 11 is 6.10. The zero-order chi connectivity index (χ0) is 22.3. The molecule has 2 N–H and O–H groups in total. The lowest BCUT2D eigenvalue weighted by Gasteiger charge is -2.17. The van der Waals surface area contributed by atoms with Crippen molar-refractivity contribution in [3.05, 3.63) is 40.8 Å². The standard InChI is InChI=1S/C21H26ClFN4O3/c1-5-7-10-29-11-12-30-21(28)17-13(6-2)19(24)26-20(25-17)14-8-9-15(22)18(16(14)23)27(3)4/h6,8-9H,2,5,7,10-12H2,1,3-4H3,(H2,24,25,26). The van der Waals surface area contributed by atoms with Gasteiger partial charge in [0.2, 0.25) is 0 Å². The third-order valence-electron chi connectivity index (χ3n) is 4.23. The summed E-state index contributed by atoms with van der Waals surface area (Å²) in [6.07, 6.45) is 3.31. The van der Waals surface area contributed by atoms with Crippen LogP contribution in [-0.2, 0) is 9.47 Å². The van der Waals surface area contributed by atoms with Crippen molar-refractivity contribution in [1.29, 1.82) is 0 Å². The van der Waals surface area contributed by atoms with Crippen molar-refractivity contribution in [3.63, 3.8) is 0 Å². The van der Waals surface area contributed by atoms with E-state index in [1.807, 2.05) is 0 Å². The second-order valence-electron chi connectivity index (χ2n) is 6.65. The van der Waals surface area contributed by atoms with Gasteiger partial charge in [0.15, 0.2) is 17.3 Å². The molecule has 0 aliphatic carbocycles. The molecule has 7 nitrogen and oxygen atoms in total. The first-order chi connectivity index (χ1) is 14.3. The van der Waals surface area contributed by atoms with Crippen LogP contribution in [0.3, 0.4) is 0 Å². The minimum Gasteiger partial charge on any atom is -0.458 e. The largest absolute Gasteiger partial charge is 0.458 e. The average molecular weight is 437 g/mol. The average Bonchev–Trinajstić information content (AvgIpc) is 2.69. The molecule has 2 rings (SSSR count). The lowest BCUT2D eigenvalue weighted by molar-refractivity contribution is 0.0308. The Morgan fingerprint density at radius 1 is 1.30 bits per heavy atom. The van der Waals surface area contributed by atoms with Gasteiger partial charge in [-0.25, -0.2) is 19.2 Å². The van der Waals surface area contributed by atoms with Crippen molar-refractivity contribution in [2.24, 2.45) is 0 Å². The lowest BCUT2D eigenvalue weighted by atomic mass is 10.1. The summed E-state index contributed by atoms with van der Waals surface area (Å²) in [6.45, 7) is 6.62. The molecule has 0 atom stereocenters. The summed E-state index contributed by atoms with van der Waals surface area (Å²) < 4.78 is 25.7. The first-order valence-corrected chi connectivity index (χ1v) is 9.90. The van der Waals surface area contributed by atoms with Crippen LogP contribution in [0.25, 0.3) is 17.5 Å². The highest BCUT2D eigenvalue weighted by molar-refractivity contribution is 6.33. The highest BCUT2D eigenvalue weighted by Crippen LogP contribution is 2.34. The van der Waals surface area contributed by atoms with Crippen LogP contribution < -0.4 is 10.6 Å². The van der Waals surface area contributed by atoms with Crippen LogP contribution in [-0.4, -0.2) is 49.9 Å². The van der Waals surface area contributed by atoms with E-state index in [-0.39, 0.29) is 52.4 Å². The van der Waals surface area contributed by atoms with E-state index < -0.39 is 11.8 Å². The number of nitrogens with two attached hydrogens (primary N) is 1. The van der Waals surface area contributed by atoms with Crippen molar-refractivity contribution in [3.8, 4) is 11.4 Å². The SMILES string of the molecule is C=Cc1c(N)nc(-c2ccc(Cl)c(N(C)C)c2F)nc1C(=O)OCCOCCCC. The molecule has 2 aromatic rings. The zero-order valence-electron chi connectivity index (χ0n) is 17.4. The fourth-order valence-corrected chi connectivity index (χ4v) is 3.01. The first-order valence-electron chi connectivity index (χ1n) is 9.52. The van der Waals surface area contributed by atoms with Crippen LogP contribution >= 0.6 is 11.6 Å². The molecular formula is C21H26ClFN4O3. The van der Waals surface area contributed by atoms with Gasteiger partial charge < -0.3 is 20.1 Å². The van der Waals surface area contributed by atoms with Gasteiger partial charge in [-0.1, -0.05) is 37.6 Å². The highest BCUT2D eigenvalue weighted by atomic mass is 35.5. The molecule has 9 heteroatoms. The Balaban J connectivity index is 2.35. The van der Waals surface area contributed by atoms with Crippen LogP contribution in [0.2, 0.25) is 5.02 Å². The van der Waals surface area contributed by atoms with Crippen LogP contribution in [0.5, 0.6) is 0 Å². The van der Waals surface area contributed by atoms with Gasteiger partial charge in [0.05, 0.1) is 22.9 Å².